The van der Waals surface area contributed by atoms with E-state index in [0.29, 0.717) is 17.8 Å². The van der Waals surface area contributed by atoms with Crippen molar-refractivity contribution in [2.75, 3.05) is 0 Å². The van der Waals surface area contributed by atoms with E-state index in [0.717, 1.165) is 19.3 Å². The van der Waals surface area contributed by atoms with Crippen LogP contribution in [-0.4, -0.2) is 0 Å². The van der Waals surface area contributed by atoms with E-state index in [9.17, 15) is 0 Å². The van der Waals surface area contributed by atoms with Gasteiger partial charge in [-0.05, 0) is 41.4 Å². The van der Waals surface area contributed by atoms with Crippen molar-refractivity contribution in [3.05, 3.63) is 149 Å². The minimum atomic E-state index is 0.513. The summed E-state index contributed by atoms with van der Waals surface area (Å²) >= 11 is 0. The predicted molar refractivity (Wildman–Crippen MR) is 139 cm³/mol. The SMILES string of the molecule is CC(CC(c1ccccc1)C1Cc2ccccc2[C-]1CCc1ccccc1)c1ccccc1. The molecule has 5 rings (SSSR count). The van der Waals surface area contributed by atoms with Gasteiger partial charge in [0.15, 0.2) is 0 Å². The zero-order chi connectivity index (χ0) is 22.5. The number of hydrogen-bond donors (Lipinski definition) is 0. The summed E-state index contributed by atoms with van der Waals surface area (Å²) in [7, 11) is 0. The Hall–Kier alpha value is -3.25. The molecule has 0 N–H and O–H groups in total. The van der Waals surface area contributed by atoms with Gasteiger partial charge in [0, 0.05) is 0 Å². The molecule has 0 saturated heterocycles. The van der Waals surface area contributed by atoms with Crippen LogP contribution in [0, 0.1) is 11.8 Å². The lowest BCUT2D eigenvalue weighted by atomic mass is 9.72. The van der Waals surface area contributed by atoms with Crippen molar-refractivity contribution in [1.82, 2.24) is 0 Å². The zero-order valence-electron chi connectivity index (χ0n) is 19.5. The Kier molecular flexibility index (Phi) is 6.63. The van der Waals surface area contributed by atoms with Crippen LogP contribution >= 0.6 is 0 Å². The van der Waals surface area contributed by atoms with Gasteiger partial charge in [0.1, 0.15) is 0 Å². The third kappa shape index (κ3) is 4.91. The molecule has 1 aliphatic carbocycles. The molecule has 0 nitrogen and oxygen atoms in total. The molecule has 33 heavy (non-hydrogen) atoms. The molecular weight excluding hydrogens is 396 g/mol. The van der Waals surface area contributed by atoms with E-state index in [1.807, 2.05) is 0 Å². The van der Waals surface area contributed by atoms with E-state index in [1.165, 1.54) is 34.2 Å². The molecule has 3 unspecified atom stereocenters. The highest BCUT2D eigenvalue weighted by Crippen LogP contribution is 2.49. The number of rotatable bonds is 8. The van der Waals surface area contributed by atoms with Crippen LogP contribution in [0.4, 0.5) is 0 Å². The van der Waals surface area contributed by atoms with Crippen molar-refractivity contribution >= 4 is 0 Å². The summed E-state index contributed by atoms with van der Waals surface area (Å²) in [6.07, 6.45) is 4.56. The second-order valence-corrected chi connectivity index (χ2v) is 9.54. The molecule has 0 radical (unpaired) electrons. The quantitative estimate of drug-likeness (QED) is 0.247. The molecule has 0 fully saturated rings. The Morgan fingerprint density at radius 3 is 1.97 bits per heavy atom. The number of benzene rings is 4. The second kappa shape index (κ2) is 10.1. The van der Waals surface area contributed by atoms with E-state index in [4.69, 9.17) is 0 Å². The van der Waals surface area contributed by atoms with E-state index < -0.39 is 0 Å². The van der Waals surface area contributed by atoms with Crippen LogP contribution < -0.4 is 0 Å². The van der Waals surface area contributed by atoms with Crippen LogP contribution in [-0.2, 0) is 12.8 Å². The molecule has 4 aromatic carbocycles. The van der Waals surface area contributed by atoms with Gasteiger partial charge >= 0.3 is 0 Å². The van der Waals surface area contributed by atoms with Crippen LogP contribution in [0.25, 0.3) is 0 Å². The van der Waals surface area contributed by atoms with Crippen LogP contribution in [0.15, 0.2) is 115 Å². The van der Waals surface area contributed by atoms with E-state index in [-0.39, 0.29) is 0 Å². The second-order valence-electron chi connectivity index (χ2n) is 9.54. The number of aryl methyl sites for hydroxylation is 1. The lowest BCUT2D eigenvalue weighted by Gasteiger charge is -2.36. The summed E-state index contributed by atoms with van der Waals surface area (Å²) < 4.78 is 0. The standard InChI is InChI=1S/C33H33/c1-25(27-15-7-3-8-16-27)23-32(28-17-9-4-10-18-28)33-24-29-19-11-12-20-30(29)31(33)22-21-26-13-5-2-6-14-26/h2-20,25,32-33H,21-24H2,1H3/q-1. The number of hydrogen-bond acceptors (Lipinski definition) is 0. The minimum Gasteiger partial charge on any atom is -0.185 e. The Balaban J connectivity index is 1.47. The third-order valence-corrected chi connectivity index (χ3v) is 7.47. The Morgan fingerprint density at radius 2 is 1.27 bits per heavy atom. The molecule has 0 amide bonds. The molecular formula is C33H33-. The largest absolute Gasteiger partial charge is 0.185 e. The fourth-order valence-electron chi connectivity index (χ4n) is 5.73. The highest BCUT2D eigenvalue weighted by Gasteiger charge is 2.32. The fourth-order valence-corrected chi connectivity index (χ4v) is 5.73. The van der Waals surface area contributed by atoms with Gasteiger partial charge in [-0.2, -0.15) is 17.5 Å². The Labute approximate surface area is 199 Å². The van der Waals surface area contributed by atoms with E-state index in [2.05, 4.69) is 122 Å². The molecule has 0 heteroatoms. The van der Waals surface area contributed by atoms with Crippen LogP contribution in [0.2, 0.25) is 0 Å². The van der Waals surface area contributed by atoms with Crippen molar-refractivity contribution in [3.63, 3.8) is 0 Å². The van der Waals surface area contributed by atoms with Crippen LogP contribution in [0.3, 0.4) is 0 Å². The maximum atomic E-state index is 2.40. The van der Waals surface area contributed by atoms with Gasteiger partial charge in [-0.15, -0.1) is 17.7 Å². The first kappa shape index (κ1) is 21.6. The average Bonchev–Trinajstić information content (AvgIpc) is 3.25. The van der Waals surface area contributed by atoms with Crippen LogP contribution in [0.1, 0.15) is 59.4 Å². The van der Waals surface area contributed by atoms with Gasteiger partial charge in [-0.3, -0.25) is 0 Å². The van der Waals surface area contributed by atoms with Gasteiger partial charge in [-0.25, -0.2) is 0 Å². The molecule has 0 bridgehead atoms. The molecule has 0 aromatic heterocycles. The summed E-state index contributed by atoms with van der Waals surface area (Å²) in [5.41, 5.74) is 7.39. The molecule has 4 aromatic rings. The summed E-state index contributed by atoms with van der Waals surface area (Å²) in [5, 5.41) is 0. The highest BCUT2D eigenvalue weighted by molar-refractivity contribution is 5.47. The lowest BCUT2D eigenvalue weighted by Crippen LogP contribution is -2.21. The summed E-state index contributed by atoms with van der Waals surface area (Å²) in [5.74, 6) is 3.25. The predicted octanol–water partition coefficient (Wildman–Crippen LogP) is 8.39. The molecule has 1 aliphatic rings. The first-order valence-corrected chi connectivity index (χ1v) is 12.4. The topological polar surface area (TPSA) is 0 Å². The van der Waals surface area contributed by atoms with E-state index in [1.54, 1.807) is 5.92 Å². The summed E-state index contributed by atoms with van der Waals surface area (Å²) in [4.78, 5) is 0. The molecule has 0 heterocycles. The maximum absolute atomic E-state index is 2.40. The highest BCUT2D eigenvalue weighted by atomic mass is 14.4. The maximum Gasteiger partial charge on any atom is -0.0185 e. The average molecular weight is 430 g/mol. The molecule has 0 spiro atoms. The van der Waals surface area contributed by atoms with Gasteiger partial charge in [0.2, 0.25) is 0 Å². The fraction of sp³-hybridized carbons (Fsp3) is 0.242. The Morgan fingerprint density at radius 1 is 0.697 bits per heavy atom. The molecule has 166 valence electrons. The van der Waals surface area contributed by atoms with Gasteiger partial charge in [0.25, 0.3) is 0 Å². The monoisotopic (exact) mass is 429 g/mol. The van der Waals surface area contributed by atoms with Crippen molar-refractivity contribution in [1.29, 1.82) is 0 Å². The van der Waals surface area contributed by atoms with Gasteiger partial charge in [0.05, 0.1) is 0 Å². The van der Waals surface area contributed by atoms with Gasteiger partial charge in [-0.1, -0.05) is 123 Å². The third-order valence-electron chi connectivity index (χ3n) is 7.47. The van der Waals surface area contributed by atoms with Crippen molar-refractivity contribution < 1.29 is 0 Å². The molecule has 0 saturated carbocycles. The summed E-state index contributed by atoms with van der Waals surface area (Å²) in [6.45, 7) is 2.40. The smallest absolute Gasteiger partial charge is 0.0185 e. The first-order valence-electron chi connectivity index (χ1n) is 12.4. The van der Waals surface area contributed by atoms with Crippen LogP contribution in [0.5, 0.6) is 0 Å². The van der Waals surface area contributed by atoms with E-state index >= 15 is 0 Å². The first-order chi connectivity index (χ1) is 16.3. The van der Waals surface area contributed by atoms with Gasteiger partial charge < -0.3 is 0 Å². The van der Waals surface area contributed by atoms with Crippen molar-refractivity contribution in [2.45, 2.75) is 44.4 Å². The normalized spacial score (nSPS) is 16.9. The minimum absolute atomic E-state index is 0.513. The zero-order valence-corrected chi connectivity index (χ0v) is 19.5. The van der Waals surface area contributed by atoms with Crippen molar-refractivity contribution in [3.8, 4) is 0 Å². The molecule has 0 aliphatic heterocycles. The Bertz CT molecular complexity index is 1130. The summed E-state index contributed by atoms with van der Waals surface area (Å²) in [6, 6.07) is 42.4. The molecule has 3 atom stereocenters. The number of fused-ring (bicyclic) bond motifs is 1. The van der Waals surface area contributed by atoms with Crippen molar-refractivity contribution in [2.24, 2.45) is 5.92 Å². The lowest BCUT2D eigenvalue weighted by molar-refractivity contribution is 0.405.